The largest absolute Gasteiger partial charge is 0.374 e. The Morgan fingerprint density at radius 3 is 2.77 bits per heavy atom. The lowest BCUT2D eigenvalue weighted by atomic mass is 10.2. The normalized spacial score (nSPS) is 14.9. The maximum absolute atomic E-state index is 4.28. The smallest absolute Gasteiger partial charge is 0.0793 e. The van der Waals surface area contributed by atoms with Gasteiger partial charge in [-0.3, -0.25) is 0 Å². The lowest BCUT2D eigenvalue weighted by molar-refractivity contribution is 0.418. The van der Waals surface area contributed by atoms with Crippen LogP contribution in [0.2, 0.25) is 0 Å². The molecule has 0 N–H and O–H groups in total. The van der Waals surface area contributed by atoms with E-state index in [-0.39, 0.29) is 0 Å². The molecule has 0 radical (unpaired) electrons. The van der Waals surface area contributed by atoms with E-state index < -0.39 is 0 Å². The predicted molar refractivity (Wildman–Crippen MR) is 123 cm³/mol. The molecular weight excluding hydrogens is 356 g/mol. The summed E-state index contributed by atoms with van der Waals surface area (Å²) in [6, 6.07) is 0. The number of allylic oxidation sites excluding steroid dienone is 5. The summed E-state index contributed by atoms with van der Waals surface area (Å²) >= 11 is 3.69. The van der Waals surface area contributed by atoms with Gasteiger partial charge in [0.2, 0.25) is 0 Å². The van der Waals surface area contributed by atoms with Crippen LogP contribution in [0.15, 0.2) is 71.1 Å². The predicted octanol–water partition coefficient (Wildman–Crippen LogP) is 6.75. The van der Waals surface area contributed by atoms with Crippen LogP contribution in [0, 0.1) is 0 Å². The molecule has 0 saturated heterocycles. The van der Waals surface area contributed by atoms with Crippen LogP contribution in [-0.2, 0) is 0 Å². The van der Waals surface area contributed by atoms with Crippen LogP contribution in [-0.4, -0.2) is 35.4 Å². The first kappa shape index (κ1) is 22.8. The monoisotopic (exact) mass is 390 g/mol. The maximum Gasteiger partial charge on any atom is 0.0793 e. The van der Waals surface area contributed by atoms with Crippen LogP contribution in [0.3, 0.4) is 0 Å². The fourth-order valence-electron chi connectivity index (χ4n) is 2.52. The van der Waals surface area contributed by atoms with Gasteiger partial charge in [-0.1, -0.05) is 44.7 Å². The zero-order chi connectivity index (χ0) is 19.4. The molecule has 0 fully saturated rings. The summed E-state index contributed by atoms with van der Waals surface area (Å²) in [5.41, 5.74) is 2.17. The SMILES string of the molecule is C=C(/C(=C/CCC)SC)N(C)CCCCSC1=CC=CC(=C)N1/C=C\C. The Labute approximate surface area is 169 Å². The maximum atomic E-state index is 4.28. The molecule has 0 bridgehead atoms. The molecule has 0 aliphatic carbocycles. The first-order chi connectivity index (χ1) is 12.5. The number of unbranched alkanes of at least 4 members (excludes halogenated alkanes) is 2. The van der Waals surface area contributed by atoms with Gasteiger partial charge >= 0.3 is 0 Å². The van der Waals surface area contributed by atoms with E-state index in [9.17, 15) is 0 Å². The topological polar surface area (TPSA) is 6.48 Å². The van der Waals surface area contributed by atoms with Crippen molar-refractivity contribution < 1.29 is 0 Å². The molecule has 0 saturated carbocycles. The van der Waals surface area contributed by atoms with Crippen molar-refractivity contribution in [1.29, 1.82) is 0 Å². The highest BCUT2D eigenvalue weighted by Gasteiger charge is 2.12. The molecule has 0 unspecified atom stereocenters. The fourth-order valence-corrected chi connectivity index (χ4v) is 4.25. The highest BCUT2D eigenvalue weighted by molar-refractivity contribution is 8.03. The van der Waals surface area contributed by atoms with Gasteiger partial charge in [-0.05, 0) is 50.3 Å². The third kappa shape index (κ3) is 7.55. The van der Waals surface area contributed by atoms with Crippen molar-refractivity contribution in [2.75, 3.05) is 25.6 Å². The lowest BCUT2D eigenvalue weighted by Gasteiger charge is -2.26. The molecule has 0 atom stereocenters. The number of hydrogen-bond acceptors (Lipinski definition) is 4. The average Bonchev–Trinajstić information content (AvgIpc) is 2.64. The Morgan fingerprint density at radius 2 is 2.12 bits per heavy atom. The zero-order valence-electron chi connectivity index (χ0n) is 16.8. The van der Waals surface area contributed by atoms with E-state index in [4.69, 9.17) is 0 Å². The van der Waals surface area contributed by atoms with Gasteiger partial charge < -0.3 is 9.80 Å². The fraction of sp³-hybridized carbons (Fsp3) is 0.455. The summed E-state index contributed by atoms with van der Waals surface area (Å²) in [5.74, 6) is 1.11. The van der Waals surface area contributed by atoms with Crippen LogP contribution in [0.25, 0.3) is 0 Å². The molecule has 0 aromatic heterocycles. The standard InChI is InChI=1S/C22H34N2S2/c1-7-9-14-21(25-6)20(4)23(5)17-10-11-18-26-22-15-12-13-19(3)24(22)16-8-2/h8,12-16H,3-4,7,9-11,17-18H2,1-2,5-6H3/b16-8-,21-14-. The zero-order valence-corrected chi connectivity index (χ0v) is 18.5. The molecule has 26 heavy (non-hydrogen) atoms. The van der Waals surface area contributed by atoms with Crippen molar-refractivity contribution in [1.82, 2.24) is 9.80 Å². The lowest BCUT2D eigenvalue weighted by Crippen LogP contribution is -2.19. The Hall–Kier alpha value is -1.26. The molecule has 0 amide bonds. The van der Waals surface area contributed by atoms with Crippen molar-refractivity contribution in [3.05, 3.63) is 71.1 Å². The van der Waals surface area contributed by atoms with E-state index in [1.807, 2.05) is 24.8 Å². The summed E-state index contributed by atoms with van der Waals surface area (Å²) in [6.45, 7) is 13.7. The number of hydrogen-bond donors (Lipinski definition) is 0. The van der Waals surface area contributed by atoms with Crippen LogP contribution in [0.5, 0.6) is 0 Å². The first-order valence-corrected chi connectivity index (χ1v) is 11.5. The van der Waals surface area contributed by atoms with Gasteiger partial charge in [-0.15, -0.1) is 23.5 Å². The van der Waals surface area contributed by atoms with E-state index >= 15 is 0 Å². The van der Waals surface area contributed by atoms with Crippen LogP contribution < -0.4 is 0 Å². The molecule has 2 nitrogen and oxygen atoms in total. The third-order valence-corrected chi connectivity index (χ3v) is 6.06. The quantitative estimate of drug-likeness (QED) is 0.268. The van der Waals surface area contributed by atoms with Crippen molar-refractivity contribution in [2.45, 2.75) is 39.5 Å². The van der Waals surface area contributed by atoms with Gasteiger partial charge in [0, 0.05) is 36.1 Å². The second kappa shape index (κ2) is 13.0. The molecular formula is C22H34N2S2. The molecule has 4 heteroatoms. The van der Waals surface area contributed by atoms with Crippen LogP contribution >= 0.6 is 23.5 Å². The molecule has 1 rings (SSSR count). The molecule has 1 aliphatic heterocycles. The van der Waals surface area contributed by atoms with E-state index in [1.54, 1.807) is 11.8 Å². The Balaban J connectivity index is 2.37. The minimum atomic E-state index is 1.02. The number of rotatable bonds is 12. The van der Waals surface area contributed by atoms with Crippen molar-refractivity contribution in [3.8, 4) is 0 Å². The molecule has 0 aromatic rings. The summed E-state index contributed by atoms with van der Waals surface area (Å²) in [7, 11) is 2.15. The molecule has 1 aliphatic rings. The molecule has 0 spiro atoms. The van der Waals surface area contributed by atoms with E-state index in [0.717, 1.165) is 30.1 Å². The van der Waals surface area contributed by atoms with Gasteiger partial charge in [0.15, 0.2) is 0 Å². The minimum absolute atomic E-state index is 1.02. The van der Waals surface area contributed by atoms with E-state index in [2.05, 4.69) is 73.7 Å². The van der Waals surface area contributed by atoms with Gasteiger partial charge in [0.05, 0.1) is 5.03 Å². The number of likely N-dealkylation sites (N-methyl/N-ethyl adjacent to an activating group) is 1. The summed E-state index contributed by atoms with van der Waals surface area (Å²) in [4.78, 5) is 5.75. The van der Waals surface area contributed by atoms with Crippen molar-refractivity contribution in [3.63, 3.8) is 0 Å². The summed E-state index contributed by atoms with van der Waals surface area (Å²) < 4.78 is 0. The van der Waals surface area contributed by atoms with Gasteiger partial charge in [-0.2, -0.15) is 0 Å². The Bertz CT molecular complexity index is 585. The number of thioether (sulfide) groups is 2. The van der Waals surface area contributed by atoms with Crippen molar-refractivity contribution in [2.24, 2.45) is 0 Å². The highest BCUT2D eigenvalue weighted by Crippen LogP contribution is 2.29. The van der Waals surface area contributed by atoms with Crippen LogP contribution in [0.4, 0.5) is 0 Å². The highest BCUT2D eigenvalue weighted by atomic mass is 32.2. The van der Waals surface area contributed by atoms with Gasteiger partial charge in [0.25, 0.3) is 0 Å². The third-order valence-electron chi connectivity index (χ3n) is 4.09. The Kier molecular flexibility index (Phi) is 11.4. The van der Waals surface area contributed by atoms with Crippen LogP contribution in [0.1, 0.15) is 39.5 Å². The van der Waals surface area contributed by atoms with Gasteiger partial charge in [0.1, 0.15) is 0 Å². The Morgan fingerprint density at radius 1 is 1.35 bits per heavy atom. The summed E-state index contributed by atoms with van der Waals surface area (Å²) in [6.07, 6.45) is 19.5. The average molecular weight is 391 g/mol. The summed E-state index contributed by atoms with van der Waals surface area (Å²) in [5, 5.41) is 1.25. The molecule has 0 aromatic carbocycles. The minimum Gasteiger partial charge on any atom is -0.374 e. The van der Waals surface area contributed by atoms with Gasteiger partial charge in [-0.25, -0.2) is 0 Å². The first-order valence-electron chi connectivity index (χ1n) is 9.31. The molecule has 144 valence electrons. The van der Waals surface area contributed by atoms with E-state index in [1.165, 1.54) is 29.2 Å². The second-order valence-corrected chi connectivity index (χ2v) is 8.16. The number of nitrogens with zero attached hydrogens (tertiary/aromatic N) is 2. The second-order valence-electron chi connectivity index (χ2n) is 6.19. The van der Waals surface area contributed by atoms with Crippen molar-refractivity contribution >= 4 is 23.5 Å². The molecule has 1 heterocycles. The van der Waals surface area contributed by atoms with E-state index in [0.29, 0.717) is 0 Å².